The number of hydrogen-bond donors (Lipinski definition) is 2. The zero-order valence-corrected chi connectivity index (χ0v) is 13.7. The standard InChI is InChI=1S/C18H16FN5O2/c19-12-6-4-11(5-7-12)13-9-23(18(20)26)10-14-16(13)17(25)24(22-14)15-3-1-2-8-21-15/h1-8,13,25H,9-10H2,(H2,20,26). The Bertz CT molecular complexity index is 956. The first-order chi connectivity index (χ1) is 12.5. The topological polar surface area (TPSA) is 97.3 Å². The first kappa shape index (κ1) is 16.1. The van der Waals surface area contributed by atoms with Crippen LogP contribution < -0.4 is 5.73 Å². The van der Waals surface area contributed by atoms with Crippen LogP contribution in [0.4, 0.5) is 9.18 Å². The predicted octanol–water partition coefficient (Wildman–Crippen LogP) is 2.14. The van der Waals surface area contributed by atoms with E-state index in [4.69, 9.17) is 5.73 Å². The highest BCUT2D eigenvalue weighted by Crippen LogP contribution is 2.39. The van der Waals surface area contributed by atoms with Gasteiger partial charge in [0.1, 0.15) is 5.82 Å². The molecule has 0 radical (unpaired) electrons. The molecule has 3 heterocycles. The van der Waals surface area contributed by atoms with Crippen LogP contribution in [0.5, 0.6) is 5.88 Å². The molecule has 0 saturated carbocycles. The molecule has 1 atom stereocenters. The number of benzene rings is 1. The van der Waals surface area contributed by atoms with Crippen LogP contribution in [0, 0.1) is 5.82 Å². The largest absolute Gasteiger partial charge is 0.493 e. The molecule has 26 heavy (non-hydrogen) atoms. The van der Waals surface area contributed by atoms with Gasteiger partial charge in [-0.3, -0.25) is 0 Å². The Kier molecular flexibility index (Phi) is 3.80. The van der Waals surface area contributed by atoms with Gasteiger partial charge in [0.05, 0.1) is 12.2 Å². The van der Waals surface area contributed by atoms with E-state index in [1.807, 2.05) is 0 Å². The van der Waals surface area contributed by atoms with Crippen LogP contribution in [0.1, 0.15) is 22.7 Å². The van der Waals surface area contributed by atoms with Gasteiger partial charge in [-0.25, -0.2) is 14.2 Å². The smallest absolute Gasteiger partial charge is 0.315 e. The van der Waals surface area contributed by atoms with Gasteiger partial charge in [-0.2, -0.15) is 9.78 Å². The lowest BCUT2D eigenvalue weighted by Crippen LogP contribution is -2.41. The normalized spacial score (nSPS) is 16.3. The summed E-state index contributed by atoms with van der Waals surface area (Å²) in [6, 6.07) is 10.6. The van der Waals surface area contributed by atoms with Crippen molar-refractivity contribution in [1.82, 2.24) is 19.7 Å². The van der Waals surface area contributed by atoms with Crippen molar-refractivity contribution in [2.45, 2.75) is 12.5 Å². The van der Waals surface area contributed by atoms with E-state index in [9.17, 15) is 14.3 Å². The number of pyridine rings is 1. The number of carbonyl (C=O) groups is 1. The number of urea groups is 1. The molecule has 1 unspecified atom stereocenters. The van der Waals surface area contributed by atoms with Crippen LogP contribution in [0.3, 0.4) is 0 Å². The van der Waals surface area contributed by atoms with Crippen LogP contribution >= 0.6 is 0 Å². The van der Waals surface area contributed by atoms with Crippen molar-refractivity contribution in [2.75, 3.05) is 6.54 Å². The highest BCUT2D eigenvalue weighted by atomic mass is 19.1. The van der Waals surface area contributed by atoms with E-state index in [1.165, 1.54) is 21.7 Å². The molecular weight excluding hydrogens is 337 g/mol. The molecule has 132 valence electrons. The minimum Gasteiger partial charge on any atom is -0.493 e. The van der Waals surface area contributed by atoms with Crippen LogP contribution in [-0.4, -0.2) is 37.3 Å². The molecular formula is C18H16FN5O2. The lowest BCUT2D eigenvalue weighted by atomic mass is 9.88. The highest BCUT2D eigenvalue weighted by Gasteiger charge is 2.35. The fraction of sp³-hybridized carbons (Fsp3) is 0.167. The number of fused-ring (bicyclic) bond motifs is 1. The van der Waals surface area contributed by atoms with Gasteiger partial charge in [-0.1, -0.05) is 18.2 Å². The van der Waals surface area contributed by atoms with Gasteiger partial charge in [0.15, 0.2) is 5.82 Å². The summed E-state index contributed by atoms with van der Waals surface area (Å²) >= 11 is 0. The van der Waals surface area contributed by atoms with E-state index >= 15 is 0 Å². The van der Waals surface area contributed by atoms with E-state index in [2.05, 4.69) is 10.1 Å². The minimum atomic E-state index is -0.574. The number of aromatic nitrogens is 3. The highest BCUT2D eigenvalue weighted by molar-refractivity contribution is 5.73. The third kappa shape index (κ3) is 2.65. The number of nitrogens with zero attached hydrogens (tertiary/aromatic N) is 4. The first-order valence-electron chi connectivity index (χ1n) is 8.06. The van der Waals surface area contributed by atoms with E-state index < -0.39 is 6.03 Å². The van der Waals surface area contributed by atoms with Crippen molar-refractivity contribution in [1.29, 1.82) is 0 Å². The van der Waals surface area contributed by atoms with E-state index in [-0.39, 0.29) is 30.7 Å². The monoisotopic (exact) mass is 353 g/mol. The average molecular weight is 353 g/mol. The molecule has 0 aliphatic carbocycles. The zero-order chi connectivity index (χ0) is 18.3. The summed E-state index contributed by atoms with van der Waals surface area (Å²) in [5, 5.41) is 15.2. The Morgan fingerprint density at radius 1 is 1.23 bits per heavy atom. The Morgan fingerprint density at radius 2 is 2.00 bits per heavy atom. The predicted molar refractivity (Wildman–Crippen MR) is 91.3 cm³/mol. The summed E-state index contributed by atoms with van der Waals surface area (Å²) < 4.78 is 14.6. The van der Waals surface area contributed by atoms with Gasteiger partial charge in [-0.05, 0) is 29.8 Å². The third-order valence-corrected chi connectivity index (χ3v) is 4.52. The van der Waals surface area contributed by atoms with Crippen molar-refractivity contribution in [3.05, 3.63) is 71.3 Å². The van der Waals surface area contributed by atoms with Gasteiger partial charge < -0.3 is 15.7 Å². The minimum absolute atomic E-state index is 0.0443. The lowest BCUT2D eigenvalue weighted by Gasteiger charge is -2.31. The zero-order valence-electron chi connectivity index (χ0n) is 13.7. The molecule has 0 fully saturated rings. The molecule has 1 aromatic carbocycles. The molecule has 3 aromatic rings. The van der Waals surface area contributed by atoms with E-state index in [1.54, 1.807) is 36.5 Å². The van der Waals surface area contributed by atoms with Gasteiger partial charge in [-0.15, -0.1) is 0 Å². The number of carbonyl (C=O) groups excluding carboxylic acids is 1. The maximum Gasteiger partial charge on any atom is 0.315 e. The van der Waals surface area contributed by atoms with Crippen molar-refractivity contribution >= 4 is 6.03 Å². The summed E-state index contributed by atoms with van der Waals surface area (Å²) in [6.45, 7) is 0.463. The number of nitrogens with two attached hydrogens (primary N) is 1. The Balaban J connectivity index is 1.85. The van der Waals surface area contributed by atoms with Gasteiger partial charge >= 0.3 is 6.03 Å². The molecule has 0 spiro atoms. The van der Waals surface area contributed by atoms with E-state index in [0.29, 0.717) is 17.1 Å². The van der Waals surface area contributed by atoms with Crippen LogP contribution in [0.25, 0.3) is 5.82 Å². The molecule has 1 aliphatic heterocycles. The van der Waals surface area contributed by atoms with Crippen LogP contribution in [-0.2, 0) is 6.54 Å². The van der Waals surface area contributed by atoms with Crippen LogP contribution in [0.2, 0.25) is 0 Å². The number of primary amides is 1. The van der Waals surface area contributed by atoms with Crippen molar-refractivity contribution in [2.24, 2.45) is 5.73 Å². The third-order valence-electron chi connectivity index (χ3n) is 4.52. The van der Waals surface area contributed by atoms with Crippen LogP contribution in [0.15, 0.2) is 48.7 Å². The molecule has 0 saturated heterocycles. The molecule has 0 bridgehead atoms. The number of hydrogen-bond acceptors (Lipinski definition) is 4. The van der Waals surface area contributed by atoms with E-state index in [0.717, 1.165) is 5.56 Å². The number of amides is 2. The molecule has 7 nitrogen and oxygen atoms in total. The quantitative estimate of drug-likeness (QED) is 0.737. The Hall–Kier alpha value is -3.42. The fourth-order valence-electron chi connectivity index (χ4n) is 3.27. The summed E-state index contributed by atoms with van der Waals surface area (Å²) in [5.74, 6) is -0.311. The second-order valence-electron chi connectivity index (χ2n) is 6.11. The van der Waals surface area contributed by atoms with Gasteiger partial charge in [0.25, 0.3) is 0 Å². The summed E-state index contributed by atoms with van der Waals surface area (Å²) in [7, 11) is 0. The van der Waals surface area contributed by atoms with Crippen molar-refractivity contribution in [3.8, 4) is 11.7 Å². The maximum atomic E-state index is 13.3. The first-order valence-corrected chi connectivity index (χ1v) is 8.06. The lowest BCUT2D eigenvalue weighted by molar-refractivity contribution is 0.197. The SMILES string of the molecule is NC(=O)N1Cc2nn(-c3ccccn3)c(O)c2C(c2ccc(F)cc2)C1. The second-order valence-corrected chi connectivity index (χ2v) is 6.11. The Morgan fingerprint density at radius 3 is 2.65 bits per heavy atom. The van der Waals surface area contributed by atoms with Crippen molar-refractivity contribution < 1.29 is 14.3 Å². The number of halogens is 1. The molecule has 4 rings (SSSR count). The van der Waals surface area contributed by atoms with Gasteiger partial charge in [0, 0.05) is 24.2 Å². The summed E-state index contributed by atoms with van der Waals surface area (Å²) in [6.07, 6.45) is 1.60. The average Bonchev–Trinajstić information content (AvgIpc) is 2.99. The molecule has 2 amide bonds. The number of rotatable bonds is 2. The Labute approximate surface area is 148 Å². The molecule has 8 heteroatoms. The molecule has 2 aromatic heterocycles. The van der Waals surface area contributed by atoms with Crippen molar-refractivity contribution in [3.63, 3.8) is 0 Å². The maximum absolute atomic E-state index is 13.3. The molecule has 3 N–H and O–H groups in total. The summed E-state index contributed by atoms with van der Waals surface area (Å²) in [5.41, 5.74) is 7.35. The number of aromatic hydroxyl groups is 1. The second kappa shape index (κ2) is 6.14. The molecule has 1 aliphatic rings. The fourth-order valence-corrected chi connectivity index (χ4v) is 3.27. The summed E-state index contributed by atoms with van der Waals surface area (Å²) in [4.78, 5) is 17.4. The van der Waals surface area contributed by atoms with Gasteiger partial charge in [0.2, 0.25) is 5.88 Å².